The van der Waals surface area contributed by atoms with Crippen molar-refractivity contribution in [2.24, 2.45) is 11.7 Å². The van der Waals surface area contributed by atoms with E-state index in [1.54, 1.807) is 6.20 Å². The van der Waals surface area contributed by atoms with E-state index in [9.17, 15) is 4.79 Å². The zero-order chi connectivity index (χ0) is 16.9. The van der Waals surface area contributed by atoms with Gasteiger partial charge in [-0.3, -0.25) is 9.78 Å². The molecule has 0 spiro atoms. The van der Waals surface area contributed by atoms with E-state index < -0.39 is 5.91 Å². The molecule has 1 saturated heterocycles. The lowest BCUT2D eigenvalue weighted by molar-refractivity contribution is 0.0995. The molecule has 2 aromatic rings. The van der Waals surface area contributed by atoms with Crippen molar-refractivity contribution >= 4 is 23.3 Å². The van der Waals surface area contributed by atoms with Gasteiger partial charge in [-0.15, -0.1) is 0 Å². The molecule has 7 heteroatoms. The van der Waals surface area contributed by atoms with Gasteiger partial charge in [0.05, 0.1) is 24.0 Å². The summed E-state index contributed by atoms with van der Waals surface area (Å²) in [5.41, 5.74) is 5.46. The maximum absolute atomic E-state index is 11.3. The third kappa shape index (κ3) is 3.94. The van der Waals surface area contributed by atoms with E-state index in [-0.39, 0.29) is 5.69 Å². The summed E-state index contributed by atoms with van der Waals surface area (Å²) in [5, 5.41) is 0.616. The summed E-state index contributed by atoms with van der Waals surface area (Å²) in [6, 6.07) is 7.46. The molecule has 3 rings (SSSR count). The molecule has 0 saturated carbocycles. The van der Waals surface area contributed by atoms with Crippen molar-refractivity contribution < 1.29 is 9.53 Å². The van der Waals surface area contributed by atoms with Gasteiger partial charge in [-0.05, 0) is 25.0 Å². The standard InChI is InChI=1S/C17H19ClN4O2/c18-13-5-1-2-6-15(13)24-11-12-4-3-7-22(10-12)16-9-20-8-14(21-16)17(19)23/h1-2,5-6,8-9,12H,3-4,7,10-11H2,(H2,19,23). The van der Waals surface area contributed by atoms with Crippen LogP contribution in [-0.4, -0.2) is 35.6 Å². The molecule has 1 unspecified atom stereocenters. The quantitative estimate of drug-likeness (QED) is 0.899. The molecule has 1 fully saturated rings. The van der Waals surface area contributed by atoms with E-state index in [4.69, 9.17) is 22.1 Å². The second kappa shape index (κ2) is 7.49. The van der Waals surface area contributed by atoms with Crippen LogP contribution in [0.2, 0.25) is 5.02 Å². The molecule has 1 aromatic carbocycles. The number of primary amides is 1. The number of rotatable bonds is 5. The molecular weight excluding hydrogens is 328 g/mol. The first-order valence-electron chi connectivity index (χ1n) is 7.87. The minimum absolute atomic E-state index is 0.182. The highest BCUT2D eigenvalue weighted by molar-refractivity contribution is 6.32. The van der Waals surface area contributed by atoms with Crippen LogP contribution in [0.1, 0.15) is 23.3 Å². The van der Waals surface area contributed by atoms with Crippen molar-refractivity contribution in [2.45, 2.75) is 12.8 Å². The van der Waals surface area contributed by atoms with Gasteiger partial charge in [0.15, 0.2) is 0 Å². The van der Waals surface area contributed by atoms with Crippen LogP contribution >= 0.6 is 11.6 Å². The lowest BCUT2D eigenvalue weighted by Gasteiger charge is -2.33. The zero-order valence-corrected chi connectivity index (χ0v) is 13.9. The van der Waals surface area contributed by atoms with Crippen molar-refractivity contribution in [3.8, 4) is 5.75 Å². The number of aromatic nitrogens is 2. The average Bonchev–Trinajstić information content (AvgIpc) is 2.61. The minimum Gasteiger partial charge on any atom is -0.492 e. The number of ether oxygens (including phenoxy) is 1. The van der Waals surface area contributed by atoms with Crippen LogP contribution in [0.15, 0.2) is 36.7 Å². The molecule has 1 atom stereocenters. The highest BCUT2D eigenvalue weighted by Crippen LogP contribution is 2.26. The van der Waals surface area contributed by atoms with Gasteiger partial charge < -0.3 is 15.4 Å². The topological polar surface area (TPSA) is 81.3 Å². The molecule has 1 amide bonds. The Bertz CT molecular complexity index is 725. The lowest BCUT2D eigenvalue weighted by atomic mass is 9.99. The number of para-hydroxylation sites is 1. The Morgan fingerprint density at radius 1 is 1.38 bits per heavy atom. The molecule has 0 bridgehead atoms. The van der Waals surface area contributed by atoms with Crippen LogP contribution < -0.4 is 15.4 Å². The number of nitrogens with zero attached hydrogens (tertiary/aromatic N) is 3. The maximum Gasteiger partial charge on any atom is 0.268 e. The Balaban J connectivity index is 1.63. The highest BCUT2D eigenvalue weighted by Gasteiger charge is 2.22. The Kier molecular flexibility index (Phi) is 5.15. The largest absolute Gasteiger partial charge is 0.492 e. The number of halogens is 1. The number of carbonyl (C=O) groups excluding carboxylic acids is 1. The van der Waals surface area contributed by atoms with Crippen LogP contribution in [0.3, 0.4) is 0 Å². The van der Waals surface area contributed by atoms with Crippen LogP contribution in [-0.2, 0) is 0 Å². The molecule has 0 radical (unpaired) electrons. The molecule has 126 valence electrons. The molecular formula is C17H19ClN4O2. The number of hydrogen-bond acceptors (Lipinski definition) is 5. The Hall–Kier alpha value is -2.34. The van der Waals surface area contributed by atoms with Crippen LogP contribution in [0.25, 0.3) is 0 Å². The first-order chi connectivity index (χ1) is 11.6. The Morgan fingerprint density at radius 3 is 3.00 bits per heavy atom. The third-order valence-electron chi connectivity index (χ3n) is 4.03. The fourth-order valence-electron chi connectivity index (χ4n) is 2.81. The van der Waals surface area contributed by atoms with Gasteiger partial charge in [0.25, 0.3) is 5.91 Å². The molecule has 0 aliphatic carbocycles. The molecule has 1 aliphatic heterocycles. The van der Waals surface area contributed by atoms with Crippen LogP contribution in [0.5, 0.6) is 5.75 Å². The Morgan fingerprint density at radius 2 is 2.21 bits per heavy atom. The van der Waals surface area contributed by atoms with E-state index in [0.29, 0.717) is 29.1 Å². The summed E-state index contributed by atoms with van der Waals surface area (Å²) in [6.45, 7) is 2.25. The summed E-state index contributed by atoms with van der Waals surface area (Å²) in [5.74, 6) is 1.16. The van der Waals surface area contributed by atoms with Gasteiger partial charge >= 0.3 is 0 Å². The first-order valence-corrected chi connectivity index (χ1v) is 8.25. The Labute approximate surface area is 145 Å². The average molecular weight is 347 g/mol. The van der Waals surface area contributed by atoms with Crippen LogP contribution in [0, 0.1) is 5.92 Å². The lowest BCUT2D eigenvalue weighted by Crippen LogP contribution is -2.38. The summed E-state index contributed by atoms with van der Waals surface area (Å²) < 4.78 is 5.85. The fraction of sp³-hybridized carbons (Fsp3) is 0.353. The van der Waals surface area contributed by atoms with E-state index in [1.807, 2.05) is 24.3 Å². The van der Waals surface area contributed by atoms with Crippen LogP contribution in [0.4, 0.5) is 5.82 Å². The van der Waals surface area contributed by atoms with Crippen molar-refractivity contribution in [1.29, 1.82) is 0 Å². The van der Waals surface area contributed by atoms with E-state index in [2.05, 4.69) is 14.9 Å². The summed E-state index contributed by atoms with van der Waals surface area (Å²) in [4.78, 5) is 21.7. The molecule has 1 aromatic heterocycles. The molecule has 1 aliphatic rings. The summed E-state index contributed by atoms with van der Waals surface area (Å²) in [7, 11) is 0. The number of carbonyl (C=O) groups is 1. The molecule has 2 heterocycles. The highest BCUT2D eigenvalue weighted by atomic mass is 35.5. The van der Waals surface area contributed by atoms with E-state index in [1.165, 1.54) is 6.20 Å². The normalized spacial score (nSPS) is 17.5. The van der Waals surface area contributed by atoms with Gasteiger partial charge in [-0.2, -0.15) is 0 Å². The van der Waals surface area contributed by atoms with Gasteiger partial charge in [0.1, 0.15) is 17.3 Å². The van der Waals surface area contributed by atoms with E-state index >= 15 is 0 Å². The number of nitrogens with two attached hydrogens (primary N) is 1. The third-order valence-corrected chi connectivity index (χ3v) is 4.34. The maximum atomic E-state index is 11.3. The number of piperidine rings is 1. The number of hydrogen-bond donors (Lipinski definition) is 1. The zero-order valence-electron chi connectivity index (χ0n) is 13.2. The molecule has 24 heavy (non-hydrogen) atoms. The monoisotopic (exact) mass is 346 g/mol. The van der Waals surface area contributed by atoms with Gasteiger partial charge in [-0.1, -0.05) is 23.7 Å². The fourth-order valence-corrected chi connectivity index (χ4v) is 3.00. The smallest absolute Gasteiger partial charge is 0.268 e. The first kappa shape index (κ1) is 16.5. The van der Waals surface area contributed by atoms with Crippen molar-refractivity contribution in [3.05, 3.63) is 47.4 Å². The molecule has 2 N–H and O–H groups in total. The molecule has 6 nitrogen and oxygen atoms in total. The number of anilines is 1. The predicted octanol–water partition coefficient (Wildman–Crippen LogP) is 2.52. The van der Waals surface area contributed by atoms with Crippen molar-refractivity contribution in [2.75, 3.05) is 24.6 Å². The number of benzene rings is 1. The predicted molar refractivity (Wildman–Crippen MR) is 92.4 cm³/mol. The summed E-state index contributed by atoms with van der Waals surface area (Å²) >= 11 is 6.12. The van der Waals surface area contributed by atoms with Gasteiger partial charge in [0, 0.05) is 19.0 Å². The second-order valence-electron chi connectivity index (χ2n) is 5.82. The van der Waals surface area contributed by atoms with Crippen molar-refractivity contribution in [3.63, 3.8) is 0 Å². The van der Waals surface area contributed by atoms with Gasteiger partial charge in [0.2, 0.25) is 0 Å². The second-order valence-corrected chi connectivity index (χ2v) is 6.23. The van der Waals surface area contributed by atoms with E-state index in [0.717, 1.165) is 25.9 Å². The minimum atomic E-state index is -0.569. The van der Waals surface area contributed by atoms with Gasteiger partial charge in [-0.25, -0.2) is 4.98 Å². The number of amides is 1. The van der Waals surface area contributed by atoms with Crippen molar-refractivity contribution in [1.82, 2.24) is 9.97 Å². The SMILES string of the molecule is NC(=O)c1cncc(N2CCCC(COc3ccccc3Cl)C2)n1. The summed E-state index contributed by atoms with van der Waals surface area (Å²) in [6.07, 6.45) is 5.14.